The zero-order valence-corrected chi connectivity index (χ0v) is 70.7. The fourth-order valence-electron chi connectivity index (χ4n) is 13.5. The predicted octanol–water partition coefficient (Wildman–Crippen LogP) is 26.4. The van der Waals surface area contributed by atoms with Crippen LogP contribution in [-0.4, -0.2) is 96.7 Å². The van der Waals surface area contributed by atoms with Gasteiger partial charge in [-0.25, -0.2) is 9.13 Å². The second kappa shape index (κ2) is 78.7. The van der Waals surface area contributed by atoms with E-state index in [1.54, 1.807) is 0 Å². The quantitative estimate of drug-likeness (QED) is 0.0222. The first kappa shape index (κ1) is 103. The molecule has 105 heavy (non-hydrogen) atoms. The number of unbranched alkanes of at least 4 members (excludes halogenated alkanes) is 58. The van der Waals surface area contributed by atoms with Gasteiger partial charge in [0, 0.05) is 25.7 Å². The Morgan fingerprint density at radius 2 is 0.438 bits per heavy atom. The minimum atomic E-state index is -4.97. The number of carbonyl (C=O) groups excluding carboxylic acids is 4. The number of rotatable bonds is 86. The Balaban J connectivity index is 5.24. The molecule has 0 aliphatic heterocycles. The summed E-state index contributed by atoms with van der Waals surface area (Å²) in [7, 11) is -9.93. The van der Waals surface area contributed by atoms with Gasteiger partial charge < -0.3 is 33.8 Å². The highest BCUT2D eigenvalue weighted by molar-refractivity contribution is 7.47. The Hall–Kier alpha value is -1.94. The number of esters is 4. The summed E-state index contributed by atoms with van der Waals surface area (Å²) in [5.41, 5.74) is 0. The summed E-state index contributed by atoms with van der Waals surface area (Å²) in [6, 6.07) is 0. The molecule has 5 atom stereocenters. The maximum Gasteiger partial charge on any atom is 0.472 e. The van der Waals surface area contributed by atoms with Gasteiger partial charge in [0.25, 0.3) is 0 Å². The molecule has 0 saturated carbocycles. The highest BCUT2D eigenvalue weighted by atomic mass is 31.2. The lowest BCUT2D eigenvalue weighted by Crippen LogP contribution is -2.30. The van der Waals surface area contributed by atoms with E-state index in [2.05, 4.69) is 34.6 Å². The maximum atomic E-state index is 13.1. The molecule has 0 radical (unpaired) electrons. The van der Waals surface area contributed by atoms with Gasteiger partial charge in [-0.2, -0.15) is 0 Å². The summed E-state index contributed by atoms with van der Waals surface area (Å²) in [6.45, 7) is 7.37. The number of hydrogen-bond donors (Lipinski definition) is 3. The van der Waals surface area contributed by atoms with E-state index in [9.17, 15) is 43.2 Å². The van der Waals surface area contributed by atoms with Gasteiger partial charge in [-0.3, -0.25) is 37.3 Å². The Labute approximate surface area is 645 Å². The van der Waals surface area contributed by atoms with Crippen molar-refractivity contribution in [1.82, 2.24) is 0 Å². The molecule has 0 aliphatic carbocycles. The Bertz CT molecular complexity index is 2000. The van der Waals surface area contributed by atoms with E-state index in [-0.39, 0.29) is 25.7 Å². The monoisotopic (exact) mass is 1540 g/mol. The average Bonchev–Trinajstić information content (AvgIpc) is 0.910. The molecule has 17 nitrogen and oxygen atoms in total. The zero-order chi connectivity index (χ0) is 76.9. The van der Waals surface area contributed by atoms with E-state index in [0.717, 1.165) is 95.8 Å². The lowest BCUT2D eigenvalue weighted by molar-refractivity contribution is -0.161. The van der Waals surface area contributed by atoms with Crippen LogP contribution in [0.15, 0.2) is 0 Å². The Morgan fingerprint density at radius 3 is 0.648 bits per heavy atom. The molecule has 0 spiro atoms. The predicted molar refractivity (Wildman–Crippen MR) is 432 cm³/mol. The maximum absolute atomic E-state index is 13.1. The van der Waals surface area contributed by atoms with Gasteiger partial charge in [0.05, 0.1) is 26.4 Å². The van der Waals surface area contributed by atoms with Crippen molar-refractivity contribution in [2.24, 2.45) is 5.92 Å². The van der Waals surface area contributed by atoms with Crippen LogP contribution in [-0.2, 0) is 65.4 Å². The minimum Gasteiger partial charge on any atom is -0.462 e. The molecule has 0 aromatic rings. The van der Waals surface area contributed by atoms with Gasteiger partial charge in [0.15, 0.2) is 12.2 Å². The van der Waals surface area contributed by atoms with Gasteiger partial charge in [-0.05, 0) is 31.6 Å². The number of phosphoric acid groups is 2. The van der Waals surface area contributed by atoms with Crippen molar-refractivity contribution in [3.05, 3.63) is 0 Å². The van der Waals surface area contributed by atoms with Crippen LogP contribution >= 0.6 is 15.6 Å². The number of aliphatic hydroxyl groups is 1. The lowest BCUT2D eigenvalue weighted by atomic mass is 10.0. The standard InChI is InChI=1S/C86H168O17P2/c1-6-9-12-15-18-21-24-26-28-30-32-34-36-38-40-46-51-56-61-66-71-85(90)102-82(76-97-84(89)70-65-60-55-50-45-39-37-35-33-31-29-27-25-22-19-16-13-10-7-2)78-101-105(94,95)99-74-80(87)73-98-104(92,93)100-77-81(75-96-83(88)69-64-59-54-49-43-23-20-17-14-11-8-3)103-86(91)72-67-62-57-52-47-42-41-44-48-53-58-63-68-79(4)5/h79-82,87H,6-78H2,1-5H3,(H,92,93)(H,94,95)/t80-,81+,82+/m0/s1. The minimum absolute atomic E-state index is 0.108. The van der Waals surface area contributed by atoms with Crippen LogP contribution in [0.4, 0.5) is 0 Å². The lowest BCUT2D eigenvalue weighted by Gasteiger charge is -2.21. The number of phosphoric ester groups is 2. The van der Waals surface area contributed by atoms with Gasteiger partial charge in [0.1, 0.15) is 19.3 Å². The van der Waals surface area contributed by atoms with Crippen molar-refractivity contribution < 1.29 is 80.2 Å². The highest BCUT2D eigenvalue weighted by Gasteiger charge is 2.30. The van der Waals surface area contributed by atoms with Crippen LogP contribution in [0, 0.1) is 5.92 Å². The fourth-order valence-corrected chi connectivity index (χ4v) is 15.1. The topological polar surface area (TPSA) is 237 Å². The van der Waals surface area contributed by atoms with Crippen molar-refractivity contribution in [1.29, 1.82) is 0 Å². The Morgan fingerprint density at radius 1 is 0.257 bits per heavy atom. The van der Waals surface area contributed by atoms with Gasteiger partial charge >= 0.3 is 39.5 Å². The third-order valence-corrected chi connectivity index (χ3v) is 22.2. The SMILES string of the molecule is CCCCCCCCCCCCCCCCCCCCCCC(=O)O[C@H](COC(=O)CCCCCCCCCCCCCCCCCCCCC)COP(=O)(O)OC[C@@H](O)COP(=O)(O)OC[C@@H](COC(=O)CCCCCCCCCCCCC)OC(=O)CCCCCCCCCCCCCCC(C)C. The van der Waals surface area contributed by atoms with Crippen LogP contribution in [0.1, 0.15) is 465 Å². The molecular formula is C86H168O17P2. The smallest absolute Gasteiger partial charge is 0.462 e. The molecule has 0 aromatic heterocycles. The van der Waals surface area contributed by atoms with Crippen molar-refractivity contribution in [2.75, 3.05) is 39.6 Å². The highest BCUT2D eigenvalue weighted by Crippen LogP contribution is 2.45. The van der Waals surface area contributed by atoms with Crippen LogP contribution in [0.25, 0.3) is 0 Å². The van der Waals surface area contributed by atoms with E-state index in [1.807, 2.05) is 0 Å². The first-order valence-corrected chi connectivity index (χ1v) is 47.6. The van der Waals surface area contributed by atoms with E-state index in [1.165, 1.54) is 289 Å². The van der Waals surface area contributed by atoms with E-state index >= 15 is 0 Å². The van der Waals surface area contributed by atoms with Crippen LogP contribution < -0.4 is 0 Å². The van der Waals surface area contributed by atoms with Crippen LogP contribution in [0.5, 0.6) is 0 Å². The van der Waals surface area contributed by atoms with Crippen molar-refractivity contribution in [3.63, 3.8) is 0 Å². The molecule has 0 aliphatic rings. The summed E-state index contributed by atoms with van der Waals surface area (Å²) in [6.07, 6.45) is 72.2. The van der Waals surface area contributed by atoms with Gasteiger partial charge in [0.2, 0.25) is 0 Å². The number of carbonyl (C=O) groups is 4. The molecule has 624 valence electrons. The number of hydrogen-bond acceptors (Lipinski definition) is 15. The van der Waals surface area contributed by atoms with E-state index in [0.29, 0.717) is 25.7 Å². The summed E-state index contributed by atoms with van der Waals surface area (Å²) >= 11 is 0. The first-order chi connectivity index (χ1) is 51.0. The third-order valence-electron chi connectivity index (χ3n) is 20.3. The zero-order valence-electron chi connectivity index (χ0n) is 68.9. The second-order valence-electron chi connectivity index (χ2n) is 31.4. The summed E-state index contributed by atoms with van der Waals surface area (Å²) < 4.78 is 68.9. The molecule has 0 amide bonds. The van der Waals surface area contributed by atoms with Crippen molar-refractivity contribution >= 4 is 39.5 Å². The molecule has 0 bridgehead atoms. The molecule has 0 rings (SSSR count). The molecule has 0 aromatic carbocycles. The molecule has 0 fully saturated rings. The second-order valence-corrected chi connectivity index (χ2v) is 34.3. The number of aliphatic hydroxyl groups excluding tert-OH is 1. The molecular weight excluding hydrogens is 1370 g/mol. The van der Waals surface area contributed by atoms with Crippen molar-refractivity contribution in [2.45, 2.75) is 483 Å². The molecule has 3 N–H and O–H groups in total. The Kier molecular flexibility index (Phi) is 77.3. The molecule has 0 heterocycles. The van der Waals surface area contributed by atoms with Gasteiger partial charge in [-0.15, -0.1) is 0 Å². The third kappa shape index (κ3) is 79.9. The van der Waals surface area contributed by atoms with Crippen molar-refractivity contribution in [3.8, 4) is 0 Å². The van der Waals surface area contributed by atoms with E-state index in [4.69, 9.17) is 37.0 Å². The van der Waals surface area contributed by atoms with Crippen LogP contribution in [0.2, 0.25) is 0 Å². The summed E-state index contributed by atoms with van der Waals surface area (Å²) in [4.78, 5) is 73.2. The molecule has 19 heteroatoms. The van der Waals surface area contributed by atoms with Gasteiger partial charge in [-0.1, -0.05) is 413 Å². The number of ether oxygens (including phenoxy) is 4. The molecule has 2 unspecified atom stereocenters. The summed E-state index contributed by atoms with van der Waals surface area (Å²) in [5, 5.41) is 10.7. The fraction of sp³-hybridized carbons (Fsp3) is 0.953. The first-order valence-electron chi connectivity index (χ1n) is 44.6. The van der Waals surface area contributed by atoms with E-state index < -0.39 is 97.5 Å². The largest absolute Gasteiger partial charge is 0.472 e. The normalized spacial score (nSPS) is 13.8. The summed E-state index contributed by atoms with van der Waals surface area (Å²) in [5.74, 6) is -1.32. The van der Waals surface area contributed by atoms with Crippen LogP contribution in [0.3, 0.4) is 0 Å². The molecule has 0 saturated heterocycles. The average molecular weight is 1540 g/mol.